The van der Waals surface area contributed by atoms with Gasteiger partial charge in [0.05, 0.1) is 18.9 Å². The van der Waals surface area contributed by atoms with Crippen molar-refractivity contribution in [3.63, 3.8) is 0 Å². The van der Waals surface area contributed by atoms with Gasteiger partial charge in [0, 0.05) is 23.6 Å². The SMILES string of the molecule is Nc1ccc(-c2cn3cccc(OCCCCOc4ccccc4)c3n2)cc1. The van der Waals surface area contributed by atoms with Crippen LogP contribution in [0, 0.1) is 0 Å². The molecular formula is C23H23N3O2. The number of imidazole rings is 1. The molecule has 0 bridgehead atoms. The number of pyridine rings is 1. The summed E-state index contributed by atoms with van der Waals surface area (Å²) in [4.78, 5) is 4.74. The van der Waals surface area contributed by atoms with E-state index in [4.69, 9.17) is 20.2 Å². The first-order valence-corrected chi connectivity index (χ1v) is 9.44. The van der Waals surface area contributed by atoms with Gasteiger partial charge in [0.1, 0.15) is 5.75 Å². The number of ether oxygens (including phenoxy) is 2. The van der Waals surface area contributed by atoms with Gasteiger partial charge in [-0.1, -0.05) is 30.3 Å². The molecule has 0 radical (unpaired) electrons. The quantitative estimate of drug-likeness (QED) is 0.355. The van der Waals surface area contributed by atoms with Gasteiger partial charge in [0.2, 0.25) is 0 Å². The fourth-order valence-electron chi connectivity index (χ4n) is 2.99. The van der Waals surface area contributed by atoms with Crippen molar-refractivity contribution in [1.29, 1.82) is 0 Å². The van der Waals surface area contributed by atoms with E-state index in [1.807, 2.05) is 83.5 Å². The second kappa shape index (κ2) is 8.48. The summed E-state index contributed by atoms with van der Waals surface area (Å²) in [7, 11) is 0. The molecule has 142 valence electrons. The molecule has 28 heavy (non-hydrogen) atoms. The molecule has 0 spiro atoms. The molecule has 0 unspecified atom stereocenters. The summed E-state index contributed by atoms with van der Waals surface area (Å²) in [5.41, 5.74) is 9.26. The number of fused-ring (bicyclic) bond motifs is 1. The number of rotatable bonds is 8. The first kappa shape index (κ1) is 17.9. The minimum Gasteiger partial charge on any atom is -0.494 e. The van der Waals surface area contributed by atoms with E-state index in [0.29, 0.717) is 13.2 Å². The summed E-state index contributed by atoms with van der Waals surface area (Å²) in [6.45, 7) is 1.31. The Bertz CT molecular complexity index is 1030. The Morgan fingerprint density at radius 2 is 1.57 bits per heavy atom. The Balaban J connectivity index is 1.34. The second-order valence-corrected chi connectivity index (χ2v) is 6.57. The monoisotopic (exact) mass is 373 g/mol. The lowest BCUT2D eigenvalue weighted by molar-refractivity contribution is 0.267. The van der Waals surface area contributed by atoms with Crippen LogP contribution < -0.4 is 15.2 Å². The number of hydrogen-bond acceptors (Lipinski definition) is 4. The van der Waals surface area contributed by atoms with Gasteiger partial charge in [-0.3, -0.25) is 0 Å². The number of aromatic nitrogens is 2. The molecule has 2 aromatic carbocycles. The summed E-state index contributed by atoms with van der Waals surface area (Å²) in [6, 6.07) is 21.5. The van der Waals surface area contributed by atoms with E-state index in [1.165, 1.54) is 0 Å². The van der Waals surface area contributed by atoms with Gasteiger partial charge in [-0.2, -0.15) is 0 Å². The number of para-hydroxylation sites is 1. The van der Waals surface area contributed by atoms with Gasteiger partial charge in [0.25, 0.3) is 0 Å². The van der Waals surface area contributed by atoms with Crippen LogP contribution in [0.4, 0.5) is 5.69 Å². The molecule has 4 aromatic rings. The zero-order valence-corrected chi connectivity index (χ0v) is 15.6. The molecule has 2 N–H and O–H groups in total. The van der Waals surface area contributed by atoms with Crippen LogP contribution in [0.25, 0.3) is 16.9 Å². The van der Waals surface area contributed by atoms with Crippen LogP contribution in [0.5, 0.6) is 11.5 Å². The third-order valence-electron chi connectivity index (χ3n) is 4.46. The number of hydrogen-bond donors (Lipinski definition) is 1. The van der Waals surface area contributed by atoms with Crippen molar-refractivity contribution >= 4 is 11.3 Å². The van der Waals surface area contributed by atoms with Gasteiger partial charge in [-0.15, -0.1) is 0 Å². The Hall–Kier alpha value is -3.47. The highest BCUT2D eigenvalue weighted by molar-refractivity contribution is 5.67. The van der Waals surface area contributed by atoms with Crippen molar-refractivity contribution < 1.29 is 9.47 Å². The first-order chi connectivity index (χ1) is 13.8. The van der Waals surface area contributed by atoms with Gasteiger partial charge in [-0.25, -0.2) is 4.98 Å². The summed E-state index contributed by atoms with van der Waals surface area (Å²) >= 11 is 0. The lowest BCUT2D eigenvalue weighted by Gasteiger charge is -2.08. The maximum atomic E-state index is 5.98. The van der Waals surface area contributed by atoms with Crippen molar-refractivity contribution in [1.82, 2.24) is 9.38 Å². The zero-order chi connectivity index (χ0) is 19.2. The molecule has 0 amide bonds. The molecule has 5 nitrogen and oxygen atoms in total. The average molecular weight is 373 g/mol. The fraction of sp³-hybridized carbons (Fsp3) is 0.174. The van der Waals surface area contributed by atoms with Crippen molar-refractivity contribution in [2.24, 2.45) is 0 Å². The Morgan fingerprint density at radius 1 is 0.821 bits per heavy atom. The lowest BCUT2D eigenvalue weighted by Crippen LogP contribution is -2.03. The lowest BCUT2D eigenvalue weighted by atomic mass is 10.1. The normalized spacial score (nSPS) is 10.9. The van der Waals surface area contributed by atoms with Crippen LogP contribution in [0.15, 0.2) is 79.1 Å². The Morgan fingerprint density at radius 3 is 2.36 bits per heavy atom. The van der Waals surface area contributed by atoms with Gasteiger partial charge in [-0.05, 0) is 49.2 Å². The van der Waals surface area contributed by atoms with Crippen LogP contribution in [0.3, 0.4) is 0 Å². The van der Waals surface area contributed by atoms with E-state index in [0.717, 1.165) is 46.9 Å². The number of unbranched alkanes of at least 4 members (excludes halogenated alkanes) is 1. The van der Waals surface area contributed by atoms with E-state index in [9.17, 15) is 0 Å². The third kappa shape index (κ3) is 4.26. The predicted molar refractivity (Wildman–Crippen MR) is 112 cm³/mol. The molecule has 0 fully saturated rings. The molecule has 2 aromatic heterocycles. The maximum Gasteiger partial charge on any atom is 0.180 e. The highest BCUT2D eigenvalue weighted by atomic mass is 16.5. The molecule has 4 rings (SSSR count). The minimum absolute atomic E-state index is 0.627. The predicted octanol–water partition coefficient (Wildman–Crippen LogP) is 4.82. The number of benzene rings is 2. The molecule has 0 aliphatic heterocycles. The number of nitrogens with zero attached hydrogens (tertiary/aromatic N) is 2. The molecular weight excluding hydrogens is 350 g/mol. The summed E-state index contributed by atoms with van der Waals surface area (Å²) < 4.78 is 13.7. The van der Waals surface area contributed by atoms with Crippen LogP contribution in [-0.2, 0) is 0 Å². The molecule has 0 saturated carbocycles. The topological polar surface area (TPSA) is 61.8 Å². The second-order valence-electron chi connectivity index (χ2n) is 6.57. The smallest absolute Gasteiger partial charge is 0.180 e. The molecule has 0 aliphatic rings. The number of nitrogen functional groups attached to an aromatic ring is 1. The molecule has 2 heterocycles. The van der Waals surface area contributed by atoms with E-state index < -0.39 is 0 Å². The molecule has 0 aliphatic carbocycles. The van der Waals surface area contributed by atoms with Gasteiger partial charge < -0.3 is 19.6 Å². The van der Waals surface area contributed by atoms with Crippen LogP contribution in [0.1, 0.15) is 12.8 Å². The fourth-order valence-corrected chi connectivity index (χ4v) is 2.99. The van der Waals surface area contributed by atoms with Crippen molar-refractivity contribution in [3.8, 4) is 22.8 Å². The van der Waals surface area contributed by atoms with E-state index in [1.54, 1.807) is 0 Å². The van der Waals surface area contributed by atoms with Crippen LogP contribution in [0.2, 0.25) is 0 Å². The summed E-state index contributed by atoms with van der Waals surface area (Å²) in [5, 5.41) is 0. The Kier molecular flexibility index (Phi) is 5.43. The number of nitrogens with two attached hydrogens (primary N) is 1. The largest absolute Gasteiger partial charge is 0.494 e. The first-order valence-electron chi connectivity index (χ1n) is 9.44. The highest BCUT2D eigenvalue weighted by Crippen LogP contribution is 2.25. The summed E-state index contributed by atoms with van der Waals surface area (Å²) in [6.07, 6.45) is 5.83. The van der Waals surface area contributed by atoms with Gasteiger partial charge >= 0.3 is 0 Å². The minimum atomic E-state index is 0.627. The molecule has 0 atom stereocenters. The van der Waals surface area contributed by atoms with Gasteiger partial charge in [0.15, 0.2) is 11.4 Å². The van der Waals surface area contributed by atoms with Crippen molar-refractivity contribution in [3.05, 3.63) is 79.1 Å². The molecule has 0 saturated heterocycles. The van der Waals surface area contributed by atoms with E-state index in [-0.39, 0.29) is 0 Å². The number of anilines is 1. The highest BCUT2D eigenvalue weighted by Gasteiger charge is 2.09. The zero-order valence-electron chi connectivity index (χ0n) is 15.6. The van der Waals surface area contributed by atoms with Crippen LogP contribution >= 0.6 is 0 Å². The average Bonchev–Trinajstić information content (AvgIpc) is 3.17. The van der Waals surface area contributed by atoms with Crippen LogP contribution in [-0.4, -0.2) is 22.6 Å². The molecule has 5 heteroatoms. The van der Waals surface area contributed by atoms with E-state index >= 15 is 0 Å². The van der Waals surface area contributed by atoms with E-state index in [2.05, 4.69) is 0 Å². The van der Waals surface area contributed by atoms with Crippen molar-refractivity contribution in [2.45, 2.75) is 12.8 Å². The van der Waals surface area contributed by atoms with Crippen molar-refractivity contribution in [2.75, 3.05) is 18.9 Å². The summed E-state index contributed by atoms with van der Waals surface area (Å²) in [5.74, 6) is 1.69. The third-order valence-corrected chi connectivity index (χ3v) is 4.46. The maximum absolute atomic E-state index is 5.98. The Labute approximate surface area is 164 Å². The standard InChI is InChI=1S/C23H23N3O2/c24-19-12-10-18(11-13-19)21-17-26-14-6-9-22(23(26)25-21)28-16-5-4-15-27-20-7-2-1-3-8-20/h1-3,6-14,17H,4-5,15-16,24H2.